The summed E-state index contributed by atoms with van der Waals surface area (Å²) in [7, 11) is 0. The van der Waals surface area contributed by atoms with Crippen LogP contribution >= 0.6 is 0 Å². The molecule has 1 heterocycles. The second-order valence-corrected chi connectivity index (χ2v) is 2.39. The van der Waals surface area contributed by atoms with Gasteiger partial charge in [0.25, 0.3) is 0 Å². The lowest BCUT2D eigenvalue weighted by molar-refractivity contribution is 0.170. The Morgan fingerprint density at radius 1 is 1.18 bits per heavy atom. The Labute approximate surface area is 66.6 Å². The van der Waals surface area contributed by atoms with E-state index in [0.29, 0.717) is 0 Å². The van der Waals surface area contributed by atoms with Gasteiger partial charge in [0, 0.05) is 25.5 Å². The van der Waals surface area contributed by atoms with E-state index in [0.717, 1.165) is 19.5 Å². The van der Waals surface area contributed by atoms with E-state index >= 15 is 0 Å². The average molecular weight is 152 g/mol. The minimum absolute atomic E-state index is 0.0266. The first kappa shape index (κ1) is 7.85. The van der Waals surface area contributed by atoms with Crippen LogP contribution in [0.2, 0.25) is 0 Å². The van der Waals surface area contributed by atoms with Crippen molar-refractivity contribution >= 4 is 6.03 Å². The summed E-state index contributed by atoms with van der Waals surface area (Å²) in [5.74, 6) is 0. The van der Waals surface area contributed by atoms with Crippen LogP contribution in [0.15, 0.2) is 25.6 Å². The summed E-state index contributed by atoms with van der Waals surface area (Å²) in [6, 6.07) is -0.0266. The maximum absolute atomic E-state index is 11.3. The van der Waals surface area contributed by atoms with Crippen LogP contribution in [-0.4, -0.2) is 28.9 Å². The third-order valence-electron chi connectivity index (χ3n) is 1.73. The van der Waals surface area contributed by atoms with Gasteiger partial charge in [0.2, 0.25) is 0 Å². The van der Waals surface area contributed by atoms with Crippen molar-refractivity contribution in [2.24, 2.45) is 0 Å². The molecule has 1 aliphatic heterocycles. The molecule has 1 saturated heterocycles. The number of hydrogen-bond donors (Lipinski definition) is 0. The van der Waals surface area contributed by atoms with Crippen LogP contribution in [0.4, 0.5) is 4.79 Å². The highest BCUT2D eigenvalue weighted by molar-refractivity contribution is 5.77. The molecule has 0 unspecified atom stereocenters. The Hall–Kier alpha value is -1.25. The largest absolute Gasteiger partial charge is 0.327 e. The fraction of sp³-hybridized carbons (Fsp3) is 0.375. The van der Waals surface area contributed by atoms with Crippen molar-refractivity contribution in [2.75, 3.05) is 13.1 Å². The van der Waals surface area contributed by atoms with Crippen molar-refractivity contribution in [3.05, 3.63) is 25.6 Å². The maximum atomic E-state index is 11.3. The quantitative estimate of drug-likeness (QED) is 0.586. The van der Waals surface area contributed by atoms with Crippen molar-refractivity contribution in [3.8, 4) is 0 Å². The van der Waals surface area contributed by atoms with E-state index in [1.807, 2.05) is 0 Å². The van der Waals surface area contributed by atoms with Gasteiger partial charge in [-0.05, 0) is 6.42 Å². The summed E-state index contributed by atoms with van der Waals surface area (Å²) in [6.07, 6.45) is 4.08. The van der Waals surface area contributed by atoms with E-state index in [4.69, 9.17) is 0 Å². The Balaban J connectivity index is 2.66. The van der Waals surface area contributed by atoms with Crippen LogP contribution < -0.4 is 0 Å². The third kappa shape index (κ3) is 1.42. The lowest BCUT2D eigenvalue weighted by Gasteiger charge is -2.30. The van der Waals surface area contributed by atoms with Crippen LogP contribution in [0, 0.1) is 0 Å². The summed E-state index contributed by atoms with van der Waals surface area (Å²) in [4.78, 5) is 14.5. The molecule has 3 heteroatoms. The zero-order chi connectivity index (χ0) is 8.27. The van der Waals surface area contributed by atoms with Crippen molar-refractivity contribution in [1.29, 1.82) is 0 Å². The summed E-state index contributed by atoms with van der Waals surface area (Å²) < 4.78 is 0. The smallest absolute Gasteiger partial charge is 0.301 e. The summed E-state index contributed by atoms with van der Waals surface area (Å²) in [5.41, 5.74) is 0. The number of rotatable bonds is 2. The molecule has 0 bridgehead atoms. The molecule has 0 atom stereocenters. The van der Waals surface area contributed by atoms with Crippen molar-refractivity contribution in [2.45, 2.75) is 6.42 Å². The van der Waals surface area contributed by atoms with E-state index in [-0.39, 0.29) is 6.03 Å². The lowest BCUT2D eigenvalue weighted by Crippen LogP contribution is -2.43. The molecule has 2 amide bonds. The molecule has 60 valence electrons. The average Bonchev–Trinajstić information content (AvgIpc) is 2.05. The van der Waals surface area contributed by atoms with Gasteiger partial charge in [0.05, 0.1) is 0 Å². The normalized spacial score (nSPS) is 18.4. The number of urea groups is 1. The first-order chi connectivity index (χ1) is 5.29. The predicted octanol–water partition coefficient (Wildman–Crippen LogP) is 1.40. The highest BCUT2D eigenvalue weighted by Crippen LogP contribution is 2.08. The first-order valence-corrected chi connectivity index (χ1v) is 3.62. The Morgan fingerprint density at radius 3 is 2.00 bits per heavy atom. The molecule has 0 aliphatic carbocycles. The van der Waals surface area contributed by atoms with E-state index in [9.17, 15) is 4.79 Å². The molecule has 0 spiro atoms. The lowest BCUT2D eigenvalue weighted by atomic mass is 10.3. The molecule has 0 aromatic rings. The standard InChI is InChI=1S/C8H12N2O/c1-3-9-6-5-7-10(4-2)8(9)11/h3-4H,1-2,5-7H2. The Morgan fingerprint density at radius 2 is 1.64 bits per heavy atom. The molecule has 1 aliphatic rings. The van der Waals surface area contributed by atoms with E-state index in [2.05, 4.69) is 13.2 Å². The molecule has 0 saturated carbocycles. The molecular weight excluding hydrogens is 140 g/mol. The highest BCUT2D eigenvalue weighted by Gasteiger charge is 2.20. The van der Waals surface area contributed by atoms with E-state index < -0.39 is 0 Å². The van der Waals surface area contributed by atoms with Gasteiger partial charge >= 0.3 is 6.03 Å². The van der Waals surface area contributed by atoms with Gasteiger partial charge in [-0.2, -0.15) is 0 Å². The van der Waals surface area contributed by atoms with Gasteiger partial charge < -0.3 is 9.80 Å². The van der Waals surface area contributed by atoms with Crippen LogP contribution in [0.3, 0.4) is 0 Å². The number of hydrogen-bond acceptors (Lipinski definition) is 1. The number of carbonyl (C=O) groups excluding carboxylic acids is 1. The molecule has 0 radical (unpaired) electrons. The summed E-state index contributed by atoms with van der Waals surface area (Å²) >= 11 is 0. The zero-order valence-electron chi connectivity index (χ0n) is 6.49. The van der Waals surface area contributed by atoms with Gasteiger partial charge in [0.1, 0.15) is 0 Å². The summed E-state index contributed by atoms with van der Waals surface area (Å²) in [5, 5.41) is 0. The minimum Gasteiger partial charge on any atom is -0.301 e. The fourth-order valence-corrected chi connectivity index (χ4v) is 1.11. The van der Waals surface area contributed by atoms with Gasteiger partial charge in [0.15, 0.2) is 0 Å². The SMILES string of the molecule is C=CN1CCCN(C=C)C1=O. The first-order valence-electron chi connectivity index (χ1n) is 3.62. The maximum Gasteiger partial charge on any atom is 0.327 e. The predicted molar refractivity (Wildman–Crippen MR) is 43.8 cm³/mol. The van der Waals surface area contributed by atoms with Crippen LogP contribution in [0.25, 0.3) is 0 Å². The number of carbonyl (C=O) groups is 1. The molecular formula is C8H12N2O. The van der Waals surface area contributed by atoms with Crippen molar-refractivity contribution in [1.82, 2.24) is 9.80 Å². The van der Waals surface area contributed by atoms with Gasteiger partial charge in [-0.1, -0.05) is 13.2 Å². The van der Waals surface area contributed by atoms with Crippen LogP contribution in [0.5, 0.6) is 0 Å². The van der Waals surface area contributed by atoms with Crippen LogP contribution in [0.1, 0.15) is 6.42 Å². The van der Waals surface area contributed by atoms with Gasteiger partial charge in [-0.3, -0.25) is 0 Å². The van der Waals surface area contributed by atoms with Gasteiger partial charge in [-0.25, -0.2) is 4.79 Å². The molecule has 0 N–H and O–H groups in total. The van der Waals surface area contributed by atoms with E-state index in [1.165, 1.54) is 0 Å². The second kappa shape index (κ2) is 3.23. The Bertz CT molecular complexity index is 171. The molecule has 3 nitrogen and oxygen atoms in total. The van der Waals surface area contributed by atoms with Gasteiger partial charge in [-0.15, -0.1) is 0 Å². The topological polar surface area (TPSA) is 23.6 Å². The molecule has 0 aromatic carbocycles. The molecule has 1 rings (SSSR count). The minimum atomic E-state index is -0.0266. The molecule has 11 heavy (non-hydrogen) atoms. The number of amides is 2. The monoisotopic (exact) mass is 152 g/mol. The zero-order valence-corrected chi connectivity index (χ0v) is 6.49. The molecule has 1 fully saturated rings. The van der Waals surface area contributed by atoms with Crippen molar-refractivity contribution < 1.29 is 4.79 Å². The number of nitrogens with zero attached hydrogens (tertiary/aromatic N) is 2. The highest BCUT2D eigenvalue weighted by atomic mass is 16.2. The van der Waals surface area contributed by atoms with E-state index in [1.54, 1.807) is 22.2 Å². The summed E-state index contributed by atoms with van der Waals surface area (Å²) in [6.45, 7) is 8.64. The Kier molecular flexibility index (Phi) is 2.31. The third-order valence-corrected chi connectivity index (χ3v) is 1.73. The molecule has 0 aromatic heterocycles. The van der Waals surface area contributed by atoms with Crippen LogP contribution in [-0.2, 0) is 0 Å². The second-order valence-electron chi connectivity index (χ2n) is 2.39. The fourth-order valence-electron chi connectivity index (χ4n) is 1.11. The van der Waals surface area contributed by atoms with Crippen molar-refractivity contribution in [3.63, 3.8) is 0 Å².